The van der Waals surface area contributed by atoms with Gasteiger partial charge in [-0.3, -0.25) is 0 Å². The fourth-order valence-electron chi connectivity index (χ4n) is 9.40. The number of carboxylic acids is 12. The van der Waals surface area contributed by atoms with Crippen molar-refractivity contribution in [1.29, 1.82) is 0 Å². The van der Waals surface area contributed by atoms with Crippen LogP contribution >= 0.6 is 0 Å². The molecule has 0 N–H and O–H groups in total. The molecule has 78 heavy (non-hydrogen) atoms. The molecule has 396 valence electrons. The van der Waals surface area contributed by atoms with Crippen LogP contribution in [0, 0.1) is 0 Å². The molecule has 0 saturated heterocycles. The maximum Gasteiger partial charge on any atom is 0.0718 e. The maximum absolute atomic E-state index is 12.7. The van der Waals surface area contributed by atoms with Gasteiger partial charge < -0.3 is 119 Å². The van der Waals surface area contributed by atoms with Crippen LogP contribution in [0.5, 0.6) is 0 Å². The number of carboxylic acid groups (broad SMARTS) is 12. The second-order valence-corrected chi connectivity index (χ2v) is 17.5. The van der Waals surface area contributed by atoms with Crippen molar-refractivity contribution >= 4 is 71.6 Å². The zero-order chi connectivity index (χ0) is 57.5. The molecule has 0 aliphatic heterocycles. The lowest BCUT2D eigenvalue weighted by Gasteiger charge is -2.24. The number of aromatic carboxylic acids is 12. The van der Waals surface area contributed by atoms with Gasteiger partial charge in [-0.2, -0.15) is 0 Å². The Hall–Kier alpha value is -11.0. The van der Waals surface area contributed by atoms with Gasteiger partial charge >= 0.3 is 0 Å². The Morgan fingerprint density at radius 1 is 0.167 bits per heavy atom. The average molecular weight is 1060 g/mol. The van der Waals surface area contributed by atoms with Gasteiger partial charge in [0, 0.05) is 66.8 Å². The summed E-state index contributed by atoms with van der Waals surface area (Å²) in [6.45, 7) is 0. The highest BCUT2D eigenvalue weighted by molar-refractivity contribution is 6.00. The largest absolute Gasteiger partial charge is 0.545 e. The van der Waals surface area contributed by atoms with E-state index in [9.17, 15) is 119 Å². The van der Waals surface area contributed by atoms with E-state index in [1.54, 1.807) is 0 Å². The molecule has 24 heteroatoms. The Bertz CT molecular complexity index is 2910. The highest BCUT2D eigenvalue weighted by Gasteiger charge is 2.24. The lowest BCUT2D eigenvalue weighted by atomic mass is 9.84. The predicted octanol–water partition coefficient (Wildman–Crippen LogP) is -10.1. The van der Waals surface area contributed by atoms with E-state index < -0.39 is 244 Å². The lowest BCUT2D eigenvalue weighted by molar-refractivity contribution is -0.256. The third-order valence-corrected chi connectivity index (χ3v) is 12.9. The van der Waals surface area contributed by atoms with E-state index in [4.69, 9.17) is 0 Å². The number of hydrogen-bond acceptors (Lipinski definition) is 24. The highest BCUT2D eigenvalue weighted by Crippen LogP contribution is 2.33. The molecule has 0 radical (unpaired) electrons. The second-order valence-electron chi connectivity index (χ2n) is 17.5. The fourth-order valence-corrected chi connectivity index (χ4v) is 9.40. The molecule has 0 heterocycles. The first-order chi connectivity index (χ1) is 36.6. The van der Waals surface area contributed by atoms with Gasteiger partial charge in [0.15, 0.2) is 0 Å². The van der Waals surface area contributed by atoms with Gasteiger partial charge in [0.25, 0.3) is 0 Å². The van der Waals surface area contributed by atoms with E-state index in [0.717, 1.165) is 0 Å². The minimum Gasteiger partial charge on any atom is -0.545 e. The molecule has 24 nitrogen and oxygen atoms in total. The van der Waals surface area contributed by atoms with Gasteiger partial charge in [0.2, 0.25) is 0 Å². The summed E-state index contributed by atoms with van der Waals surface area (Å²) in [5.41, 5.74) is -19.3. The quantitative estimate of drug-likeness (QED) is 0.110. The third-order valence-electron chi connectivity index (χ3n) is 12.9. The van der Waals surface area contributed by atoms with Crippen molar-refractivity contribution in [2.45, 2.75) is 38.5 Å². The van der Waals surface area contributed by atoms with Gasteiger partial charge in [0.1, 0.15) is 0 Å². The van der Waals surface area contributed by atoms with Crippen molar-refractivity contribution in [1.82, 2.24) is 0 Å². The highest BCUT2D eigenvalue weighted by atomic mass is 16.4. The first kappa shape index (κ1) is 54.7. The van der Waals surface area contributed by atoms with E-state index in [2.05, 4.69) is 0 Å². The van der Waals surface area contributed by atoms with Crippen LogP contribution in [0.25, 0.3) is 0 Å². The van der Waals surface area contributed by atoms with Crippen LogP contribution in [0.2, 0.25) is 0 Å². The molecule has 16 aliphatic carbocycles. The lowest BCUT2D eigenvalue weighted by Crippen LogP contribution is -2.30. The van der Waals surface area contributed by atoms with Crippen molar-refractivity contribution < 1.29 is 119 Å². The van der Waals surface area contributed by atoms with Crippen LogP contribution in [-0.2, 0) is 38.5 Å². The minimum atomic E-state index is -2.11. The van der Waals surface area contributed by atoms with E-state index >= 15 is 0 Å². The van der Waals surface area contributed by atoms with Crippen LogP contribution in [0.3, 0.4) is 0 Å². The summed E-state index contributed by atoms with van der Waals surface area (Å²) in [5.74, 6) is -25.3. The van der Waals surface area contributed by atoms with Gasteiger partial charge in [-0.25, -0.2) is 0 Å². The standard InChI is InChI=1S/C54H36O24/c55-43(56)31-9-21-2-23-11-37(49(67)68)25(13-35(23)47(63)64)4-27-15-41(53(75)76)29(17-39(27)51(71)72)6-30-18-40(52(73)74)28(16-42(30)54(77)78)5-26-14-36(48(65)66)24(12-38(26)50(69)70)3-22-10-32(44(57)58)20(8-34(22)46(61)62)1-19(31)7-33(21)45(59)60/h7-18H,1-6H2,(H,55,56)(H,57,58)(H,59,60)(H,61,62)(H,63,64)(H,65,66)(H,67,68)(H,69,70)(H,71,72)(H,73,74)(H,75,76)(H,77,78)/p-12. The van der Waals surface area contributed by atoms with Gasteiger partial charge in [0.05, 0.1) is 71.6 Å². The van der Waals surface area contributed by atoms with Crippen molar-refractivity contribution in [2.24, 2.45) is 0 Å². The van der Waals surface area contributed by atoms with Crippen LogP contribution in [0.15, 0.2) is 72.8 Å². The maximum atomic E-state index is 12.7. The Balaban J connectivity index is 1.58. The molecule has 6 aromatic carbocycles. The monoisotopic (exact) mass is 1060 g/mol. The van der Waals surface area contributed by atoms with Crippen molar-refractivity contribution in [3.8, 4) is 0 Å². The number of carbonyl (C=O) groups is 12. The Labute approximate surface area is 434 Å². The SMILES string of the molecule is O=C([O-])c1cc2c(C(=O)[O-])cc1Cc1cc(C(=O)[O-])c(cc1C(=O)[O-])Cc1cc(C(=O)[O-])c(cc1C(=O)[O-])Cc1cc(C(=O)[O-])c(cc1C(=O)[O-])Cc1cc(C(=O)[O-])c(cc1C(=O)[O-])Cc1cc(C(=O)[O-])c(cc1C(=O)[O-])C2. The molecule has 0 amide bonds. The molecular formula is C54H24O24-12. The summed E-state index contributed by atoms with van der Waals surface area (Å²) in [4.78, 5) is 152. The summed E-state index contributed by atoms with van der Waals surface area (Å²) >= 11 is 0. The van der Waals surface area contributed by atoms with Crippen molar-refractivity contribution in [2.75, 3.05) is 0 Å². The third kappa shape index (κ3) is 10.8. The van der Waals surface area contributed by atoms with Crippen molar-refractivity contribution in [3.63, 3.8) is 0 Å². The topological polar surface area (TPSA) is 482 Å². The van der Waals surface area contributed by atoms with Gasteiger partial charge in [-0.05, 0) is 178 Å². The molecule has 0 unspecified atom stereocenters. The van der Waals surface area contributed by atoms with E-state index in [1.807, 2.05) is 0 Å². The number of carbonyl (C=O) groups excluding carboxylic acids is 12. The Kier molecular flexibility index (Phi) is 14.8. The predicted molar refractivity (Wildman–Crippen MR) is 227 cm³/mol. The summed E-state index contributed by atoms with van der Waals surface area (Å²) in [5, 5.41) is 152. The van der Waals surface area contributed by atoms with Gasteiger partial charge in [-0.15, -0.1) is 0 Å². The fraction of sp³-hybridized carbons (Fsp3) is 0.111. The zero-order valence-corrected chi connectivity index (χ0v) is 39.0. The molecule has 0 aromatic heterocycles. The minimum absolute atomic E-state index is 0.589. The van der Waals surface area contributed by atoms with Crippen molar-refractivity contribution in [3.05, 3.63) is 206 Å². The molecule has 16 aliphatic rings. The Morgan fingerprint density at radius 3 is 0.282 bits per heavy atom. The summed E-state index contributed by atoms with van der Waals surface area (Å²) < 4.78 is 0. The number of rotatable bonds is 12. The first-order valence-electron chi connectivity index (χ1n) is 22.1. The van der Waals surface area contributed by atoms with E-state index in [0.29, 0.717) is 72.8 Å². The van der Waals surface area contributed by atoms with Gasteiger partial charge in [-0.1, -0.05) is 0 Å². The zero-order valence-electron chi connectivity index (χ0n) is 39.0. The smallest absolute Gasteiger partial charge is 0.0718 e. The molecule has 6 aromatic rings. The molecule has 0 atom stereocenters. The van der Waals surface area contributed by atoms with Crippen LogP contribution in [0.4, 0.5) is 0 Å². The summed E-state index contributed by atoms with van der Waals surface area (Å²) in [7, 11) is 0. The van der Waals surface area contributed by atoms with Crippen LogP contribution < -0.4 is 61.3 Å². The average Bonchev–Trinajstić information content (AvgIpc) is 3.41. The molecule has 22 rings (SSSR count). The summed E-state index contributed by atoms with van der Waals surface area (Å²) in [6.07, 6.45) is -6.09. The second kappa shape index (κ2) is 21.1. The van der Waals surface area contributed by atoms with Crippen LogP contribution in [0.1, 0.15) is 191 Å². The summed E-state index contributed by atoms with van der Waals surface area (Å²) in [6, 6.07) is 7.07. The molecule has 0 spiro atoms. The number of benzene rings is 6. The molecule has 12 bridgehead atoms. The number of hydrogen-bond donors (Lipinski definition) is 0. The molecule has 0 saturated carbocycles. The van der Waals surface area contributed by atoms with Crippen LogP contribution in [-0.4, -0.2) is 71.6 Å². The first-order valence-corrected chi connectivity index (χ1v) is 22.1. The molecular weight excluding hydrogens is 1030 g/mol. The normalized spacial score (nSPS) is 12.0. The van der Waals surface area contributed by atoms with E-state index in [-0.39, 0.29) is 0 Å². The van der Waals surface area contributed by atoms with E-state index in [1.165, 1.54) is 0 Å². The molecule has 0 fully saturated rings. The Morgan fingerprint density at radius 2 is 0.231 bits per heavy atom.